The first-order chi connectivity index (χ1) is 11.5. The summed E-state index contributed by atoms with van der Waals surface area (Å²) in [4.78, 5) is 16.3. The second-order valence-corrected chi connectivity index (χ2v) is 5.83. The molecule has 0 bridgehead atoms. The highest BCUT2D eigenvalue weighted by molar-refractivity contribution is 6.35. The normalized spacial score (nSPS) is 10.5. The second kappa shape index (κ2) is 6.90. The highest BCUT2D eigenvalue weighted by Crippen LogP contribution is 2.28. The minimum absolute atomic E-state index is 0.341. The second-order valence-electron chi connectivity index (χ2n) is 4.99. The van der Waals surface area contributed by atoms with E-state index in [9.17, 15) is 4.79 Å². The molecule has 24 heavy (non-hydrogen) atoms. The molecule has 0 aliphatic rings. The highest BCUT2D eigenvalue weighted by atomic mass is 35.5. The Balaban J connectivity index is 1.78. The topological polar surface area (TPSA) is 80.0 Å². The first-order valence-electron chi connectivity index (χ1n) is 6.93. The predicted octanol–water partition coefficient (Wildman–Crippen LogP) is 4.68. The van der Waals surface area contributed by atoms with Crippen LogP contribution in [0.1, 0.15) is 16.1 Å². The fourth-order valence-electron chi connectivity index (χ4n) is 2.00. The summed E-state index contributed by atoms with van der Waals surface area (Å²) in [5, 5.41) is 10.5. The number of hydrogen-bond acceptors (Lipinski definition) is 5. The lowest BCUT2D eigenvalue weighted by Gasteiger charge is -2.09. The molecule has 6 nitrogen and oxygen atoms in total. The van der Waals surface area contributed by atoms with Gasteiger partial charge in [-0.1, -0.05) is 28.4 Å². The van der Waals surface area contributed by atoms with Gasteiger partial charge in [-0.2, -0.15) is 0 Å². The van der Waals surface area contributed by atoms with Gasteiger partial charge >= 0.3 is 0 Å². The van der Waals surface area contributed by atoms with Gasteiger partial charge < -0.3 is 15.2 Å². The van der Waals surface area contributed by atoms with Crippen molar-refractivity contribution in [2.75, 3.05) is 10.6 Å². The Morgan fingerprint density at radius 2 is 2.00 bits per heavy atom. The van der Waals surface area contributed by atoms with E-state index in [1.54, 1.807) is 43.5 Å². The van der Waals surface area contributed by atoms with Gasteiger partial charge in [0.1, 0.15) is 5.76 Å². The summed E-state index contributed by atoms with van der Waals surface area (Å²) in [7, 11) is 0. The van der Waals surface area contributed by atoms with Crippen LogP contribution in [0.3, 0.4) is 0 Å². The molecule has 2 aromatic heterocycles. The molecule has 8 heteroatoms. The Hall–Kier alpha value is -2.57. The lowest BCUT2D eigenvalue weighted by atomic mass is 10.2. The minimum Gasteiger partial charge on any atom is -0.360 e. The summed E-state index contributed by atoms with van der Waals surface area (Å²) in [5.41, 5.74) is 1.58. The van der Waals surface area contributed by atoms with Crippen LogP contribution in [-0.4, -0.2) is 16.0 Å². The molecule has 122 valence electrons. The molecule has 0 saturated carbocycles. The number of carbonyl (C=O) groups excluding carboxylic acids is 1. The van der Waals surface area contributed by atoms with Crippen LogP contribution in [0.25, 0.3) is 0 Å². The number of anilines is 3. The Labute approximate surface area is 147 Å². The number of nitrogens with one attached hydrogen (secondary N) is 2. The predicted molar refractivity (Wildman–Crippen MR) is 93.2 cm³/mol. The number of carbonyl (C=O) groups is 1. The molecular weight excluding hydrogens is 351 g/mol. The molecule has 0 aliphatic heterocycles. The van der Waals surface area contributed by atoms with Crippen molar-refractivity contribution in [1.82, 2.24) is 10.1 Å². The van der Waals surface area contributed by atoms with Crippen LogP contribution >= 0.6 is 23.2 Å². The fraction of sp³-hybridized carbons (Fsp3) is 0.0625. The van der Waals surface area contributed by atoms with E-state index >= 15 is 0 Å². The molecule has 0 saturated heterocycles. The lowest BCUT2D eigenvalue weighted by molar-refractivity contribution is 0.102. The molecule has 0 fully saturated rings. The first-order valence-corrected chi connectivity index (χ1v) is 7.68. The van der Waals surface area contributed by atoms with Crippen molar-refractivity contribution in [2.24, 2.45) is 0 Å². The minimum atomic E-state index is -0.350. The van der Waals surface area contributed by atoms with Crippen molar-refractivity contribution in [1.29, 1.82) is 0 Å². The first kappa shape index (κ1) is 16.3. The summed E-state index contributed by atoms with van der Waals surface area (Å²) >= 11 is 12.1. The van der Waals surface area contributed by atoms with E-state index in [0.29, 0.717) is 38.6 Å². The SMILES string of the molecule is Cc1cc(NC(=O)c2cncc(Nc3cc(Cl)ccc3Cl)c2)no1. The third kappa shape index (κ3) is 3.84. The largest absolute Gasteiger partial charge is 0.360 e. The van der Waals surface area contributed by atoms with Crippen LogP contribution < -0.4 is 10.6 Å². The number of benzene rings is 1. The summed E-state index contributed by atoms with van der Waals surface area (Å²) in [6.45, 7) is 1.74. The number of halogens is 2. The van der Waals surface area contributed by atoms with E-state index in [0.717, 1.165) is 0 Å². The van der Waals surface area contributed by atoms with Gasteiger partial charge in [0.2, 0.25) is 0 Å². The average molecular weight is 363 g/mol. The average Bonchev–Trinajstić information content (AvgIpc) is 2.96. The van der Waals surface area contributed by atoms with Crippen molar-refractivity contribution in [3.63, 3.8) is 0 Å². The van der Waals surface area contributed by atoms with E-state index in [4.69, 9.17) is 27.7 Å². The molecule has 0 spiro atoms. The Morgan fingerprint density at radius 3 is 2.75 bits per heavy atom. The summed E-state index contributed by atoms with van der Waals surface area (Å²) in [6.07, 6.45) is 3.03. The van der Waals surface area contributed by atoms with Gasteiger partial charge in [-0.25, -0.2) is 0 Å². The Morgan fingerprint density at radius 1 is 1.17 bits per heavy atom. The number of pyridine rings is 1. The third-order valence-electron chi connectivity index (χ3n) is 3.08. The van der Waals surface area contributed by atoms with Gasteiger partial charge in [0.25, 0.3) is 5.91 Å². The monoisotopic (exact) mass is 362 g/mol. The lowest BCUT2D eigenvalue weighted by Crippen LogP contribution is -2.12. The van der Waals surface area contributed by atoms with E-state index in [1.807, 2.05) is 0 Å². The van der Waals surface area contributed by atoms with Crippen LogP contribution in [0.5, 0.6) is 0 Å². The maximum Gasteiger partial charge on any atom is 0.258 e. The van der Waals surface area contributed by atoms with Crippen LogP contribution in [-0.2, 0) is 0 Å². The smallest absolute Gasteiger partial charge is 0.258 e. The number of hydrogen-bond donors (Lipinski definition) is 2. The molecule has 0 atom stereocenters. The number of rotatable bonds is 4. The van der Waals surface area contributed by atoms with Crippen LogP contribution in [0.4, 0.5) is 17.2 Å². The molecule has 2 N–H and O–H groups in total. The molecule has 0 aliphatic carbocycles. The van der Waals surface area contributed by atoms with E-state index < -0.39 is 0 Å². The van der Waals surface area contributed by atoms with Crippen molar-refractivity contribution in [3.05, 3.63) is 64.1 Å². The maximum absolute atomic E-state index is 12.2. The molecule has 1 amide bonds. The quantitative estimate of drug-likeness (QED) is 0.704. The summed E-state index contributed by atoms with van der Waals surface area (Å²) < 4.78 is 4.91. The van der Waals surface area contributed by atoms with Crippen LogP contribution in [0.15, 0.2) is 47.2 Å². The molecule has 0 unspecified atom stereocenters. The van der Waals surface area contributed by atoms with E-state index in [-0.39, 0.29) is 5.91 Å². The number of aryl methyl sites for hydroxylation is 1. The third-order valence-corrected chi connectivity index (χ3v) is 3.64. The van der Waals surface area contributed by atoms with Gasteiger partial charge in [0.05, 0.1) is 28.2 Å². The molecule has 3 aromatic rings. The van der Waals surface area contributed by atoms with Crippen molar-refractivity contribution in [2.45, 2.75) is 6.92 Å². The standard InChI is InChI=1S/C16H12Cl2N4O2/c1-9-4-15(22-24-9)21-16(23)10-5-12(8-19-7-10)20-14-6-11(17)2-3-13(14)18/h2-8,20H,1H3,(H,21,22,23). The Kier molecular flexibility index (Phi) is 4.69. The molecular formula is C16H12Cl2N4O2. The highest BCUT2D eigenvalue weighted by Gasteiger charge is 2.11. The number of aromatic nitrogens is 2. The van der Waals surface area contributed by atoms with Gasteiger partial charge in [0, 0.05) is 17.3 Å². The van der Waals surface area contributed by atoms with Gasteiger partial charge in [0.15, 0.2) is 5.82 Å². The van der Waals surface area contributed by atoms with Crippen molar-refractivity contribution < 1.29 is 9.32 Å². The van der Waals surface area contributed by atoms with Crippen molar-refractivity contribution in [3.8, 4) is 0 Å². The number of nitrogens with zero attached hydrogens (tertiary/aromatic N) is 2. The summed E-state index contributed by atoms with van der Waals surface area (Å²) in [6, 6.07) is 8.33. The maximum atomic E-state index is 12.2. The van der Waals surface area contributed by atoms with Crippen molar-refractivity contribution >= 4 is 46.3 Å². The summed E-state index contributed by atoms with van der Waals surface area (Å²) in [5.74, 6) is 0.597. The number of amides is 1. The zero-order chi connectivity index (χ0) is 17.1. The van der Waals surface area contributed by atoms with Crippen LogP contribution in [0.2, 0.25) is 10.0 Å². The Bertz CT molecular complexity index is 895. The molecule has 2 heterocycles. The zero-order valence-electron chi connectivity index (χ0n) is 12.5. The van der Waals surface area contributed by atoms with E-state index in [1.165, 1.54) is 6.20 Å². The molecule has 1 aromatic carbocycles. The fourth-order valence-corrected chi connectivity index (χ4v) is 2.33. The van der Waals surface area contributed by atoms with Gasteiger partial charge in [-0.3, -0.25) is 9.78 Å². The van der Waals surface area contributed by atoms with Gasteiger partial charge in [-0.15, -0.1) is 0 Å². The van der Waals surface area contributed by atoms with Crippen LogP contribution in [0, 0.1) is 6.92 Å². The van der Waals surface area contributed by atoms with E-state index in [2.05, 4.69) is 20.8 Å². The molecule has 3 rings (SSSR count). The van der Waals surface area contributed by atoms with Gasteiger partial charge in [-0.05, 0) is 31.2 Å². The molecule has 0 radical (unpaired) electrons. The zero-order valence-corrected chi connectivity index (χ0v) is 14.0.